The topological polar surface area (TPSA) is 65.6 Å². The van der Waals surface area contributed by atoms with Crippen molar-refractivity contribution in [1.82, 2.24) is 8.52 Å². The van der Waals surface area contributed by atoms with E-state index >= 15 is 0 Å². The van der Waals surface area contributed by atoms with Crippen LogP contribution in [0.1, 0.15) is 13.8 Å². The Kier molecular flexibility index (Phi) is 4.48. The molecule has 0 aromatic carbocycles. The van der Waals surface area contributed by atoms with Crippen LogP contribution < -0.4 is 10.5 Å². The van der Waals surface area contributed by atoms with E-state index in [-0.39, 0.29) is 12.2 Å². The van der Waals surface area contributed by atoms with Gasteiger partial charge in [0, 0.05) is 13.6 Å². The molecule has 0 aliphatic rings. The average Bonchev–Trinajstić information content (AvgIpc) is 2.47. The van der Waals surface area contributed by atoms with Gasteiger partial charge in [-0.25, -0.2) is 8.75 Å². The van der Waals surface area contributed by atoms with E-state index in [1.54, 1.807) is 14.0 Å². The number of aromatic nitrogens is 2. The van der Waals surface area contributed by atoms with Crippen molar-refractivity contribution in [2.75, 3.05) is 13.2 Å². The number of ether oxygens (including phenoxy) is 1. The van der Waals surface area contributed by atoms with Crippen molar-refractivity contribution in [3.05, 3.63) is 15.3 Å². The standard InChI is InChI=1S/C9H15N3O3S/c1-4-10-8-12(6-7(13)15-5-2)9(14)11(3)16-8/h4-6H2,1-3H3. The highest BCUT2D eigenvalue weighted by Crippen LogP contribution is 1.86. The molecule has 0 saturated heterocycles. The lowest BCUT2D eigenvalue weighted by molar-refractivity contribution is -0.143. The van der Waals surface area contributed by atoms with Crippen molar-refractivity contribution in [3.8, 4) is 0 Å². The van der Waals surface area contributed by atoms with E-state index in [1.165, 1.54) is 20.1 Å². The van der Waals surface area contributed by atoms with Gasteiger partial charge in [0.25, 0.3) is 0 Å². The van der Waals surface area contributed by atoms with Gasteiger partial charge in [0.2, 0.25) is 4.80 Å². The average molecular weight is 245 g/mol. The molecule has 0 bridgehead atoms. The molecule has 1 aromatic heterocycles. The number of carbonyl (C=O) groups is 1. The lowest BCUT2D eigenvalue weighted by Crippen LogP contribution is -2.32. The Balaban J connectivity index is 3.07. The van der Waals surface area contributed by atoms with Crippen LogP contribution >= 0.6 is 11.5 Å². The largest absolute Gasteiger partial charge is 0.465 e. The summed E-state index contributed by atoms with van der Waals surface area (Å²) < 4.78 is 7.56. The summed E-state index contributed by atoms with van der Waals surface area (Å²) in [7, 11) is 1.64. The first-order chi connectivity index (χ1) is 7.60. The summed E-state index contributed by atoms with van der Waals surface area (Å²) in [6, 6.07) is 0. The van der Waals surface area contributed by atoms with Crippen molar-refractivity contribution in [3.63, 3.8) is 0 Å². The molecule has 16 heavy (non-hydrogen) atoms. The molecule has 0 unspecified atom stereocenters. The highest BCUT2D eigenvalue weighted by Gasteiger charge is 2.10. The number of hydrogen-bond acceptors (Lipinski definition) is 5. The molecule has 1 heterocycles. The summed E-state index contributed by atoms with van der Waals surface area (Å²) in [5.41, 5.74) is -0.245. The van der Waals surface area contributed by atoms with Gasteiger partial charge < -0.3 is 4.74 Å². The minimum atomic E-state index is -0.421. The van der Waals surface area contributed by atoms with Gasteiger partial charge in [-0.2, -0.15) is 0 Å². The maximum absolute atomic E-state index is 11.7. The zero-order valence-corrected chi connectivity index (χ0v) is 10.4. The summed E-state index contributed by atoms with van der Waals surface area (Å²) in [5, 5.41) is 0. The number of esters is 1. The van der Waals surface area contributed by atoms with Gasteiger partial charge in [-0.15, -0.1) is 0 Å². The normalized spacial score (nSPS) is 11.8. The number of hydrogen-bond donors (Lipinski definition) is 0. The van der Waals surface area contributed by atoms with Crippen LogP contribution in [0.4, 0.5) is 0 Å². The van der Waals surface area contributed by atoms with Crippen LogP contribution in [0.2, 0.25) is 0 Å². The highest BCUT2D eigenvalue weighted by atomic mass is 32.1. The molecular weight excluding hydrogens is 230 g/mol. The molecule has 6 nitrogen and oxygen atoms in total. The van der Waals surface area contributed by atoms with Crippen molar-refractivity contribution < 1.29 is 9.53 Å². The first-order valence-corrected chi connectivity index (χ1v) is 5.80. The van der Waals surface area contributed by atoms with Crippen molar-refractivity contribution in [1.29, 1.82) is 0 Å². The Labute approximate surface area is 97.0 Å². The second kappa shape index (κ2) is 5.64. The Morgan fingerprint density at radius 3 is 2.75 bits per heavy atom. The van der Waals surface area contributed by atoms with Crippen LogP contribution in [0.5, 0.6) is 0 Å². The molecule has 90 valence electrons. The van der Waals surface area contributed by atoms with Crippen LogP contribution in [-0.2, 0) is 23.1 Å². The summed E-state index contributed by atoms with van der Waals surface area (Å²) in [5.74, 6) is -0.421. The monoisotopic (exact) mass is 245 g/mol. The molecule has 0 spiro atoms. The Morgan fingerprint density at radius 1 is 1.50 bits per heavy atom. The smallest absolute Gasteiger partial charge is 0.340 e. The fourth-order valence-electron chi connectivity index (χ4n) is 1.18. The van der Waals surface area contributed by atoms with E-state index in [4.69, 9.17) is 4.74 Å². The van der Waals surface area contributed by atoms with Crippen LogP contribution in [0.3, 0.4) is 0 Å². The van der Waals surface area contributed by atoms with Gasteiger partial charge in [-0.1, -0.05) is 0 Å². The molecule has 0 fully saturated rings. The third-order valence-corrected chi connectivity index (χ3v) is 2.78. The second-order valence-electron chi connectivity index (χ2n) is 3.02. The summed E-state index contributed by atoms with van der Waals surface area (Å²) >= 11 is 1.22. The summed E-state index contributed by atoms with van der Waals surface area (Å²) in [6.07, 6.45) is 0. The molecule has 7 heteroatoms. The Bertz CT molecular complexity index is 483. The first kappa shape index (κ1) is 12.7. The lowest BCUT2D eigenvalue weighted by Gasteiger charge is -2.00. The maximum atomic E-state index is 11.7. The molecule has 0 radical (unpaired) electrons. The van der Waals surface area contributed by atoms with Gasteiger partial charge in [0.05, 0.1) is 6.61 Å². The van der Waals surface area contributed by atoms with Crippen molar-refractivity contribution in [2.24, 2.45) is 12.0 Å². The minimum Gasteiger partial charge on any atom is -0.465 e. The zero-order chi connectivity index (χ0) is 12.1. The van der Waals surface area contributed by atoms with Crippen LogP contribution in [-0.4, -0.2) is 27.6 Å². The van der Waals surface area contributed by atoms with Crippen LogP contribution in [0.15, 0.2) is 9.79 Å². The zero-order valence-electron chi connectivity index (χ0n) is 9.60. The van der Waals surface area contributed by atoms with E-state index in [2.05, 4.69) is 4.99 Å². The first-order valence-electron chi connectivity index (χ1n) is 5.03. The maximum Gasteiger partial charge on any atom is 0.340 e. The van der Waals surface area contributed by atoms with Gasteiger partial charge in [-0.3, -0.25) is 14.4 Å². The predicted octanol–water partition coefficient (Wildman–Crippen LogP) is -0.268. The van der Waals surface area contributed by atoms with Gasteiger partial charge in [-0.05, 0) is 25.4 Å². The number of rotatable bonds is 4. The Morgan fingerprint density at radius 2 is 2.19 bits per heavy atom. The van der Waals surface area contributed by atoms with Crippen LogP contribution in [0.25, 0.3) is 0 Å². The van der Waals surface area contributed by atoms with Gasteiger partial charge >= 0.3 is 11.7 Å². The predicted molar refractivity (Wildman–Crippen MR) is 60.3 cm³/mol. The van der Waals surface area contributed by atoms with E-state index in [0.29, 0.717) is 18.0 Å². The molecule has 0 aliphatic heterocycles. The summed E-state index contributed by atoms with van der Waals surface area (Å²) in [4.78, 5) is 27.7. The molecule has 0 amide bonds. The highest BCUT2D eigenvalue weighted by molar-refractivity contribution is 7.03. The fourth-order valence-corrected chi connectivity index (χ4v) is 2.03. The van der Waals surface area contributed by atoms with E-state index in [1.807, 2.05) is 6.92 Å². The quantitative estimate of drug-likeness (QED) is 0.686. The third kappa shape index (κ3) is 2.82. The van der Waals surface area contributed by atoms with Crippen molar-refractivity contribution >= 4 is 17.5 Å². The third-order valence-electron chi connectivity index (χ3n) is 1.84. The van der Waals surface area contributed by atoms with E-state index in [0.717, 1.165) is 0 Å². The fraction of sp³-hybridized carbons (Fsp3) is 0.667. The van der Waals surface area contributed by atoms with Gasteiger partial charge in [0.15, 0.2) is 0 Å². The Hall–Kier alpha value is -1.37. The number of carbonyl (C=O) groups excluding carboxylic acids is 1. The number of nitrogens with zero attached hydrogens (tertiary/aromatic N) is 3. The molecule has 0 atom stereocenters. The molecular formula is C9H15N3O3S. The molecule has 1 rings (SSSR count). The van der Waals surface area contributed by atoms with Crippen molar-refractivity contribution in [2.45, 2.75) is 20.4 Å². The van der Waals surface area contributed by atoms with Gasteiger partial charge in [0.1, 0.15) is 6.54 Å². The second-order valence-corrected chi connectivity index (χ2v) is 4.11. The molecule has 0 aliphatic carbocycles. The minimum absolute atomic E-state index is 0.0805. The molecule has 1 aromatic rings. The molecule has 0 N–H and O–H groups in total. The number of aryl methyl sites for hydroxylation is 1. The SMILES string of the molecule is CCN=c1sn(C)c(=O)n1CC(=O)OCC. The van der Waals surface area contributed by atoms with E-state index < -0.39 is 5.97 Å². The summed E-state index contributed by atoms with van der Waals surface area (Å²) in [6.45, 7) is 4.40. The lowest BCUT2D eigenvalue weighted by atomic mass is 10.6. The molecule has 0 saturated carbocycles. The van der Waals surface area contributed by atoms with E-state index in [9.17, 15) is 9.59 Å². The van der Waals surface area contributed by atoms with Crippen LogP contribution in [0, 0.1) is 0 Å².